The summed E-state index contributed by atoms with van der Waals surface area (Å²) in [7, 11) is 1.25. The number of carbonyl (C=O) groups is 2. The third-order valence-electron chi connectivity index (χ3n) is 3.79. The van der Waals surface area contributed by atoms with E-state index >= 15 is 0 Å². The van der Waals surface area contributed by atoms with Gasteiger partial charge in [-0.2, -0.15) is 0 Å². The molecule has 3 rings (SSSR count). The van der Waals surface area contributed by atoms with Gasteiger partial charge in [-0.1, -0.05) is 12.1 Å². The van der Waals surface area contributed by atoms with Gasteiger partial charge in [-0.05, 0) is 36.4 Å². The van der Waals surface area contributed by atoms with Gasteiger partial charge in [0.1, 0.15) is 5.82 Å². The van der Waals surface area contributed by atoms with Crippen LogP contribution in [0, 0.1) is 11.6 Å². The summed E-state index contributed by atoms with van der Waals surface area (Å²) in [5, 5.41) is 5.44. The number of halogens is 2. The van der Waals surface area contributed by atoms with Gasteiger partial charge in [0.2, 0.25) is 0 Å². The zero-order valence-corrected chi connectivity index (χ0v) is 14.7. The number of esters is 1. The number of hydrogen-bond acceptors (Lipinski definition) is 5. The molecule has 1 amide bonds. The van der Waals surface area contributed by atoms with Crippen molar-refractivity contribution in [2.75, 3.05) is 17.7 Å². The van der Waals surface area contributed by atoms with Gasteiger partial charge in [0.05, 0.1) is 18.4 Å². The normalized spacial score (nSPS) is 10.2. The summed E-state index contributed by atoms with van der Waals surface area (Å²) in [6.07, 6.45) is 1.39. The zero-order valence-electron chi connectivity index (χ0n) is 14.7. The van der Waals surface area contributed by atoms with E-state index in [1.807, 2.05) is 0 Å². The number of nitrogens with zero attached hydrogens (tertiary/aromatic N) is 1. The van der Waals surface area contributed by atoms with Gasteiger partial charge in [-0.15, -0.1) is 0 Å². The minimum absolute atomic E-state index is 0.215. The second kappa shape index (κ2) is 8.26. The van der Waals surface area contributed by atoms with Crippen molar-refractivity contribution < 1.29 is 23.1 Å². The predicted molar refractivity (Wildman–Crippen MR) is 99.6 cm³/mol. The molecule has 0 spiro atoms. The molecule has 1 aromatic heterocycles. The molecule has 0 radical (unpaired) electrons. The van der Waals surface area contributed by atoms with Crippen LogP contribution < -0.4 is 10.6 Å². The molecule has 0 aliphatic heterocycles. The van der Waals surface area contributed by atoms with E-state index in [1.165, 1.54) is 37.6 Å². The average molecular weight is 383 g/mol. The fourth-order valence-corrected chi connectivity index (χ4v) is 2.44. The van der Waals surface area contributed by atoms with Crippen molar-refractivity contribution in [3.63, 3.8) is 0 Å². The Morgan fingerprint density at radius 3 is 2.54 bits per heavy atom. The number of benzene rings is 2. The molecule has 3 aromatic rings. The lowest BCUT2D eigenvalue weighted by molar-refractivity contribution is 0.0602. The Morgan fingerprint density at radius 1 is 1.00 bits per heavy atom. The van der Waals surface area contributed by atoms with Gasteiger partial charge in [0.15, 0.2) is 11.6 Å². The molecular weight excluding hydrogens is 368 g/mol. The first kappa shape index (κ1) is 19.0. The van der Waals surface area contributed by atoms with Gasteiger partial charge in [-0.25, -0.2) is 18.6 Å². The van der Waals surface area contributed by atoms with Crippen LogP contribution in [0.4, 0.5) is 26.0 Å². The highest BCUT2D eigenvalue weighted by Crippen LogP contribution is 2.20. The molecular formula is C20H15F2N3O3. The minimum Gasteiger partial charge on any atom is -0.465 e. The maximum absolute atomic E-state index is 13.3. The molecule has 0 aliphatic rings. The second-order valence-corrected chi connectivity index (χ2v) is 5.67. The number of pyridine rings is 1. The van der Waals surface area contributed by atoms with E-state index in [9.17, 15) is 18.4 Å². The van der Waals surface area contributed by atoms with Gasteiger partial charge in [-0.3, -0.25) is 4.79 Å². The highest BCUT2D eigenvalue weighted by Gasteiger charge is 2.15. The third-order valence-corrected chi connectivity index (χ3v) is 3.79. The molecule has 0 unspecified atom stereocenters. The van der Waals surface area contributed by atoms with Crippen LogP contribution in [-0.4, -0.2) is 24.0 Å². The number of para-hydroxylation sites is 1. The number of nitrogens with one attached hydrogen (secondary N) is 2. The molecule has 0 bridgehead atoms. The summed E-state index contributed by atoms with van der Waals surface area (Å²) in [6, 6.07) is 12.7. The Hall–Kier alpha value is -3.81. The number of anilines is 3. The quantitative estimate of drug-likeness (QED) is 0.647. The van der Waals surface area contributed by atoms with Crippen molar-refractivity contribution in [3.05, 3.63) is 83.6 Å². The highest BCUT2D eigenvalue weighted by molar-refractivity contribution is 6.08. The van der Waals surface area contributed by atoms with E-state index in [-0.39, 0.29) is 22.6 Å². The van der Waals surface area contributed by atoms with Crippen LogP contribution in [0.25, 0.3) is 0 Å². The molecule has 0 atom stereocenters. The lowest BCUT2D eigenvalue weighted by Crippen LogP contribution is -2.15. The molecule has 8 heteroatoms. The van der Waals surface area contributed by atoms with Crippen molar-refractivity contribution in [2.45, 2.75) is 0 Å². The summed E-state index contributed by atoms with van der Waals surface area (Å²) >= 11 is 0. The summed E-state index contributed by atoms with van der Waals surface area (Å²) in [6.45, 7) is 0. The molecule has 0 aliphatic carbocycles. The van der Waals surface area contributed by atoms with Crippen LogP contribution in [0.2, 0.25) is 0 Å². The topological polar surface area (TPSA) is 80.3 Å². The second-order valence-electron chi connectivity index (χ2n) is 5.67. The van der Waals surface area contributed by atoms with E-state index in [0.29, 0.717) is 5.69 Å². The maximum Gasteiger partial charge on any atom is 0.339 e. The summed E-state index contributed by atoms with van der Waals surface area (Å²) in [5.74, 6) is -2.76. The Morgan fingerprint density at radius 2 is 1.79 bits per heavy atom. The maximum atomic E-state index is 13.3. The van der Waals surface area contributed by atoms with Crippen LogP contribution in [-0.2, 0) is 4.74 Å². The first-order chi connectivity index (χ1) is 13.5. The van der Waals surface area contributed by atoms with Crippen molar-refractivity contribution in [1.82, 2.24) is 4.98 Å². The molecule has 2 N–H and O–H groups in total. The number of aromatic nitrogens is 1. The number of hydrogen-bond donors (Lipinski definition) is 2. The lowest BCUT2D eigenvalue weighted by atomic mass is 10.1. The van der Waals surface area contributed by atoms with Gasteiger partial charge < -0.3 is 15.4 Å². The number of ether oxygens (including phenoxy) is 1. The summed E-state index contributed by atoms with van der Waals surface area (Å²) < 4.78 is 31.1. The standard InChI is InChI=1S/C20H15F2N3O3/c1-28-20(27)14-4-2-3-5-17(14)25-19(26)12-8-9-23-18(10-12)24-13-6-7-15(21)16(22)11-13/h2-11H,1H3,(H,23,24)(H,25,26). The van der Waals surface area contributed by atoms with Crippen molar-refractivity contribution in [3.8, 4) is 0 Å². The van der Waals surface area contributed by atoms with Crippen LogP contribution in [0.1, 0.15) is 20.7 Å². The SMILES string of the molecule is COC(=O)c1ccccc1NC(=O)c1ccnc(Nc2ccc(F)c(F)c2)c1. The summed E-state index contributed by atoms with van der Waals surface area (Å²) in [4.78, 5) is 28.4. The molecule has 0 saturated heterocycles. The van der Waals surface area contributed by atoms with Crippen molar-refractivity contribution in [2.24, 2.45) is 0 Å². The van der Waals surface area contributed by atoms with E-state index in [0.717, 1.165) is 12.1 Å². The molecule has 0 fully saturated rings. The van der Waals surface area contributed by atoms with E-state index in [2.05, 4.69) is 15.6 Å². The van der Waals surface area contributed by atoms with Crippen LogP contribution in [0.3, 0.4) is 0 Å². The zero-order chi connectivity index (χ0) is 20.1. The molecule has 0 saturated carbocycles. The average Bonchev–Trinajstić information content (AvgIpc) is 2.71. The highest BCUT2D eigenvalue weighted by atomic mass is 19.2. The van der Waals surface area contributed by atoms with Gasteiger partial charge >= 0.3 is 5.97 Å². The molecule has 2 aromatic carbocycles. The largest absolute Gasteiger partial charge is 0.465 e. The molecule has 6 nitrogen and oxygen atoms in total. The molecule has 28 heavy (non-hydrogen) atoms. The molecule has 142 valence electrons. The Bertz CT molecular complexity index is 1040. The Balaban J connectivity index is 1.79. The lowest BCUT2D eigenvalue weighted by Gasteiger charge is -2.11. The predicted octanol–water partition coefficient (Wildman–Crippen LogP) is 4.14. The number of carbonyl (C=O) groups excluding carboxylic acids is 2. The van der Waals surface area contributed by atoms with Crippen LogP contribution >= 0.6 is 0 Å². The first-order valence-corrected chi connectivity index (χ1v) is 8.15. The van der Waals surface area contributed by atoms with Gasteiger partial charge in [0.25, 0.3) is 5.91 Å². The smallest absolute Gasteiger partial charge is 0.339 e. The molecule has 1 heterocycles. The first-order valence-electron chi connectivity index (χ1n) is 8.15. The Labute approximate surface area is 159 Å². The number of methoxy groups -OCH3 is 1. The van der Waals surface area contributed by atoms with E-state index in [4.69, 9.17) is 4.74 Å². The minimum atomic E-state index is -1.00. The Kier molecular flexibility index (Phi) is 5.59. The number of amides is 1. The fourth-order valence-electron chi connectivity index (χ4n) is 2.44. The summed E-state index contributed by atoms with van der Waals surface area (Å²) in [5.41, 5.74) is 1.04. The number of rotatable bonds is 5. The van der Waals surface area contributed by atoms with Gasteiger partial charge in [0, 0.05) is 23.5 Å². The van der Waals surface area contributed by atoms with E-state index < -0.39 is 23.5 Å². The van der Waals surface area contributed by atoms with Crippen molar-refractivity contribution >= 4 is 29.1 Å². The third kappa shape index (κ3) is 4.29. The van der Waals surface area contributed by atoms with Crippen LogP contribution in [0.5, 0.6) is 0 Å². The van der Waals surface area contributed by atoms with E-state index in [1.54, 1.807) is 18.2 Å². The van der Waals surface area contributed by atoms with Crippen LogP contribution in [0.15, 0.2) is 60.8 Å². The van der Waals surface area contributed by atoms with Crippen molar-refractivity contribution in [1.29, 1.82) is 0 Å². The monoisotopic (exact) mass is 383 g/mol. The fraction of sp³-hybridized carbons (Fsp3) is 0.0500.